The number of Topliss-reactive ketones (excluding diaryl/α,β-unsaturated/α-hetero) is 1. The molecule has 7 unspecified atom stereocenters. The number of hydrogen-bond donors (Lipinski definition) is 1. The molecule has 2 heterocycles. The van der Waals surface area contributed by atoms with Gasteiger partial charge in [0.15, 0.2) is 5.78 Å². The van der Waals surface area contributed by atoms with Gasteiger partial charge in [0.2, 0.25) is 0 Å². The largest absolute Gasteiger partial charge is 0.457 e. The van der Waals surface area contributed by atoms with Crippen molar-refractivity contribution in [2.75, 3.05) is 0 Å². The molecule has 5 nitrogen and oxygen atoms in total. The Labute approximate surface area is 174 Å². The number of aliphatic hydroxyl groups excluding tert-OH is 1. The second-order valence-electron chi connectivity index (χ2n) is 9.70. The molecule has 162 valence electrons. The SMILES string of the molecule is C=C1CC2OC(C3C(C(C)C)CC(O)C(=C)C23)C(C)(OC(=O)CCC)CCC1=O. The highest BCUT2D eigenvalue weighted by Crippen LogP contribution is 2.55. The summed E-state index contributed by atoms with van der Waals surface area (Å²) in [4.78, 5) is 25.1. The summed E-state index contributed by atoms with van der Waals surface area (Å²) in [7, 11) is 0. The molecule has 1 aliphatic carbocycles. The smallest absolute Gasteiger partial charge is 0.306 e. The molecule has 3 fully saturated rings. The molecular formula is C24H36O5. The minimum absolute atomic E-state index is 0.00200. The van der Waals surface area contributed by atoms with Gasteiger partial charge >= 0.3 is 5.97 Å². The van der Waals surface area contributed by atoms with Crippen LogP contribution in [0.15, 0.2) is 24.3 Å². The summed E-state index contributed by atoms with van der Waals surface area (Å²) in [6.07, 6.45) is 1.68. The van der Waals surface area contributed by atoms with Gasteiger partial charge in [-0.2, -0.15) is 0 Å². The minimum Gasteiger partial charge on any atom is -0.457 e. The van der Waals surface area contributed by atoms with Crippen LogP contribution in [0.2, 0.25) is 0 Å². The van der Waals surface area contributed by atoms with Crippen LogP contribution in [0, 0.1) is 23.7 Å². The third-order valence-corrected chi connectivity index (χ3v) is 7.28. The first-order valence-electron chi connectivity index (χ1n) is 11.0. The van der Waals surface area contributed by atoms with Crippen LogP contribution in [0.3, 0.4) is 0 Å². The lowest BCUT2D eigenvalue weighted by atomic mass is 9.60. The lowest BCUT2D eigenvalue weighted by Gasteiger charge is -2.46. The van der Waals surface area contributed by atoms with Gasteiger partial charge in [-0.3, -0.25) is 9.59 Å². The predicted molar refractivity (Wildman–Crippen MR) is 111 cm³/mol. The molecule has 3 aliphatic rings. The van der Waals surface area contributed by atoms with Gasteiger partial charge < -0.3 is 14.6 Å². The number of rotatable bonds is 4. The van der Waals surface area contributed by atoms with Gasteiger partial charge in [0.05, 0.1) is 12.2 Å². The Morgan fingerprint density at radius 3 is 2.69 bits per heavy atom. The zero-order chi connectivity index (χ0) is 21.5. The maximum atomic E-state index is 12.6. The molecule has 0 amide bonds. The Kier molecular flexibility index (Phi) is 6.40. The van der Waals surface area contributed by atoms with Crippen molar-refractivity contribution in [1.29, 1.82) is 0 Å². The van der Waals surface area contributed by atoms with Crippen LogP contribution in [0.4, 0.5) is 0 Å². The second-order valence-corrected chi connectivity index (χ2v) is 9.70. The highest BCUT2D eigenvalue weighted by atomic mass is 16.6. The van der Waals surface area contributed by atoms with E-state index in [4.69, 9.17) is 9.47 Å². The highest BCUT2D eigenvalue weighted by molar-refractivity contribution is 5.94. The van der Waals surface area contributed by atoms with E-state index >= 15 is 0 Å². The number of ether oxygens (including phenoxy) is 2. The van der Waals surface area contributed by atoms with E-state index in [0.29, 0.717) is 50.0 Å². The summed E-state index contributed by atoms with van der Waals surface area (Å²) in [5, 5.41) is 10.7. The third-order valence-electron chi connectivity index (χ3n) is 7.28. The fraction of sp³-hybridized carbons (Fsp3) is 0.750. The van der Waals surface area contributed by atoms with Gasteiger partial charge in [-0.05, 0) is 49.2 Å². The maximum Gasteiger partial charge on any atom is 0.306 e. The summed E-state index contributed by atoms with van der Waals surface area (Å²) in [6, 6.07) is 0. The van der Waals surface area contributed by atoms with E-state index in [0.717, 1.165) is 5.57 Å². The molecule has 7 atom stereocenters. The Morgan fingerprint density at radius 1 is 1.38 bits per heavy atom. The molecule has 0 aromatic heterocycles. The molecule has 2 aliphatic heterocycles. The van der Waals surface area contributed by atoms with E-state index < -0.39 is 11.7 Å². The Morgan fingerprint density at radius 2 is 2.07 bits per heavy atom. The monoisotopic (exact) mass is 404 g/mol. The van der Waals surface area contributed by atoms with Crippen molar-refractivity contribution in [2.45, 2.75) is 90.1 Å². The number of aliphatic hydroxyl groups is 1. The molecule has 0 aromatic carbocycles. The molecule has 0 radical (unpaired) electrons. The van der Waals surface area contributed by atoms with Gasteiger partial charge in [-0.1, -0.05) is 33.9 Å². The molecule has 2 bridgehead atoms. The molecular weight excluding hydrogens is 368 g/mol. The maximum absolute atomic E-state index is 12.6. The molecule has 29 heavy (non-hydrogen) atoms. The van der Waals surface area contributed by atoms with Gasteiger partial charge in [0.1, 0.15) is 11.7 Å². The molecule has 5 heteroatoms. The van der Waals surface area contributed by atoms with Crippen LogP contribution in [-0.4, -0.2) is 40.8 Å². The summed E-state index contributed by atoms with van der Waals surface area (Å²) in [5.41, 5.74) is 0.440. The fourth-order valence-electron chi connectivity index (χ4n) is 5.67. The Bertz CT molecular complexity index is 695. The van der Waals surface area contributed by atoms with E-state index in [2.05, 4.69) is 27.0 Å². The fourth-order valence-corrected chi connectivity index (χ4v) is 5.67. The van der Waals surface area contributed by atoms with Crippen molar-refractivity contribution in [3.05, 3.63) is 24.3 Å². The summed E-state index contributed by atoms with van der Waals surface area (Å²) < 4.78 is 12.6. The van der Waals surface area contributed by atoms with Crippen molar-refractivity contribution in [1.82, 2.24) is 0 Å². The minimum atomic E-state index is -0.889. The molecule has 1 saturated carbocycles. The van der Waals surface area contributed by atoms with E-state index in [1.54, 1.807) is 0 Å². The molecule has 1 N–H and O–H groups in total. The average molecular weight is 405 g/mol. The van der Waals surface area contributed by atoms with Crippen molar-refractivity contribution in [2.24, 2.45) is 23.7 Å². The molecule has 0 aromatic rings. The topological polar surface area (TPSA) is 72.8 Å². The van der Waals surface area contributed by atoms with Crippen LogP contribution < -0.4 is 0 Å². The zero-order valence-corrected chi connectivity index (χ0v) is 18.3. The van der Waals surface area contributed by atoms with Crippen molar-refractivity contribution < 1.29 is 24.2 Å². The van der Waals surface area contributed by atoms with Crippen LogP contribution in [0.25, 0.3) is 0 Å². The van der Waals surface area contributed by atoms with Crippen molar-refractivity contribution in [3.63, 3.8) is 0 Å². The number of fused-ring (bicyclic) bond motifs is 5. The summed E-state index contributed by atoms with van der Waals surface area (Å²) in [5.74, 6) is 0.346. The normalized spacial score (nSPS) is 40.3. The van der Waals surface area contributed by atoms with E-state index in [9.17, 15) is 14.7 Å². The van der Waals surface area contributed by atoms with Crippen LogP contribution in [0.5, 0.6) is 0 Å². The van der Waals surface area contributed by atoms with E-state index in [1.165, 1.54) is 0 Å². The first-order chi connectivity index (χ1) is 13.6. The van der Waals surface area contributed by atoms with Gasteiger partial charge in [-0.25, -0.2) is 0 Å². The standard InChI is InChI=1S/C24H36O5/c1-7-8-20(27)29-24(6)10-9-17(25)14(4)11-19-21-15(5)18(26)12-16(13(2)3)22(21)23(24)28-19/h13,16,18-19,21-23,26H,4-5,7-12H2,1-3,6H3. The second kappa shape index (κ2) is 8.35. The van der Waals surface area contributed by atoms with Crippen molar-refractivity contribution in [3.8, 4) is 0 Å². The zero-order valence-electron chi connectivity index (χ0n) is 18.3. The lowest BCUT2D eigenvalue weighted by molar-refractivity contribution is -0.182. The highest BCUT2D eigenvalue weighted by Gasteiger charge is 2.60. The predicted octanol–water partition coefficient (Wildman–Crippen LogP) is 3.99. The average Bonchev–Trinajstić information content (AvgIpc) is 3.03. The number of carbonyl (C=O) groups excluding carboxylic acids is 2. The van der Waals surface area contributed by atoms with E-state index in [-0.39, 0.29) is 41.7 Å². The first-order valence-corrected chi connectivity index (χ1v) is 11.0. The van der Waals surface area contributed by atoms with Crippen LogP contribution in [0.1, 0.15) is 66.2 Å². The van der Waals surface area contributed by atoms with Crippen LogP contribution >= 0.6 is 0 Å². The van der Waals surface area contributed by atoms with Gasteiger partial charge in [0.25, 0.3) is 0 Å². The van der Waals surface area contributed by atoms with Gasteiger partial charge in [0, 0.05) is 31.1 Å². The van der Waals surface area contributed by atoms with E-state index in [1.807, 2.05) is 13.8 Å². The number of ketones is 1. The molecule has 2 saturated heterocycles. The number of esters is 1. The Balaban J connectivity index is 2.05. The Hall–Kier alpha value is -1.46. The van der Waals surface area contributed by atoms with Gasteiger partial charge in [-0.15, -0.1) is 0 Å². The number of hydrogen-bond acceptors (Lipinski definition) is 5. The summed E-state index contributed by atoms with van der Waals surface area (Å²) >= 11 is 0. The molecule has 3 rings (SSSR count). The quantitative estimate of drug-likeness (QED) is 0.436. The molecule has 0 spiro atoms. The third kappa shape index (κ3) is 4.09. The lowest BCUT2D eigenvalue weighted by Crippen LogP contribution is -2.52. The first kappa shape index (κ1) is 22.2. The van der Waals surface area contributed by atoms with Crippen LogP contribution in [-0.2, 0) is 19.1 Å². The van der Waals surface area contributed by atoms with Crippen molar-refractivity contribution >= 4 is 11.8 Å². The summed E-state index contributed by atoms with van der Waals surface area (Å²) in [6.45, 7) is 16.4. The number of carbonyl (C=O) groups is 2.